The van der Waals surface area contributed by atoms with Gasteiger partial charge in [-0.05, 0) is 38.3 Å². The average Bonchev–Trinajstić information content (AvgIpc) is 3.32. The summed E-state index contributed by atoms with van der Waals surface area (Å²) in [6.45, 7) is 5.60. The van der Waals surface area contributed by atoms with Crippen molar-refractivity contribution in [3.63, 3.8) is 0 Å². The molecule has 9 heteroatoms. The van der Waals surface area contributed by atoms with E-state index in [4.69, 9.17) is 18.9 Å². The number of piperidine rings is 1. The van der Waals surface area contributed by atoms with E-state index in [1.165, 1.54) is 6.20 Å². The molecule has 8 nitrogen and oxygen atoms in total. The van der Waals surface area contributed by atoms with E-state index in [9.17, 15) is 4.79 Å². The molecule has 2 saturated heterocycles. The average molecular weight is 534 g/mol. The lowest BCUT2D eigenvalue weighted by atomic mass is 9.77. The number of rotatable bonds is 8. The van der Waals surface area contributed by atoms with Crippen molar-refractivity contribution in [2.75, 3.05) is 40.0 Å². The van der Waals surface area contributed by atoms with Gasteiger partial charge in [0, 0.05) is 54.6 Å². The smallest absolute Gasteiger partial charge is 0.222 e. The monoisotopic (exact) mass is 533 g/mol. The number of likely N-dealkylation sites (tertiary alicyclic amines) is 1. The van der Waals surface area contributed by atoms with Gasteiger partial charge in [0.1, 0.15) is 5.75 Å². The molecule has 1 aromatic carbocycles. The number of fused-ring (bicyclic) bond motifs is 2. The van der Waals surface area contributed by atoms with Crippen molar-refractivity contribution < 1.29 is 28.1 Å². The molecule has 1 aliphatic carbocycles. The molecule has 3 aromatic rings. The quantitative estimate of drug-likeness (QED) is 0.362. The first kappa shape index (κ1) is 25.6. The molecule has 0 N–H and O–H groups in total. The van der Waals surface area contributed by atoms with Crippen molar-refractivity contribution in [3.8, 4) is 23.0 Å². The van der Waals surface area contributed by atoms with Gasteiger partial charge in [0.05, 0.1) is 44.3 Å². The van der Waals surface area contributed by atoms with Crippen LogP contribution in [0.15, 0.2) is 36.2 Å². The number of aromatic nitrogens is 2. The molecule has 2 fully saturated rings. The fourth-order valence-electron chi connectivity index (χ4n) is 5.52. The molecule has 0 atom stereocenters. The maximum atomic E-state index is 15.1. The molecule has 3 aliphatic rings. The normalized spacial score (nSPS) is 17.5. The second-order valence-corrected chi connectivity index (χ2v) is 10.7. The highest BCUT2D eigenvalue weighted by Crippen LogP contribution is 2.40. The van der Waals surface area contributed by atoms with Gasteiger partial charge < -0.3 is 23.8 Å². The number of hydrogen-bond acceptors (Lipinski definition) is 7. The van der Waals surface area contributed by atoms with Crippen molar-refractivity contribution in [1.82, 2.24) is 14.9 Å². The second kappa shape index (κ2) is 10.4. The number of ether oxygens (including phenoxy) is 4. The molecule has 1 spiro atoms. The Hall–Kier alpha value is -3.72. The number of nitrogens with zero attached hydrogens (tertiary/aromatic N) is 3. The highest BCUT2D eigenvalue weighted by Gasteiger charge is 2.41. The van der Waals surface area contributed by atoms with Crippen molar-refractivity contribution in [2.24, 2.45) is 5.41 Å². The standard InChI is InChI=1S/C30H32FN3O5/c1-19-12-21-22(13-19)33-16-27(29(21)31)39-24-5-8-32-23-15-26(25(36-2)14-20(23)24)38-11-3-4-28(35)34-9-6-30(7-10-34)17-37-18-30/h5,8,12,14-16H,3-4,6-7,9-11,13,17-18H2,1-2H3. The number of carbonyl (C=O) groups is 1. The van der Waals surface area contributed by atoms with Crippen molar-refractivity contribution in [3.05, 3.63) is 53.2 Å². The predicted octanol–water partition coefficient (Wildman–Crippen LogP) is 5.33. The van der Waals surface area contributed by atoms with Gasteiger partial charge in [0.25, 0.3) is 0 Å². The Morgan fingerprint density at radius 2 is 1.95 bits per heavy atom. The molecule has 204 valence electrons. The number of methoxy groups -OCH3 is 1. The predicted molar refractivity (Wildman–Crippen MR) is 144 cm³/mol. The Balaban J connectivity index is 1.11. The van der Waals surface area contributed by atoms with Gasteiger partial charge in [-0.25, -0.2) is 4.39 Å². The molecular formula is C30H32FN3O5. The largest absolute Gasteiger partial charge is 0.493 e. The summed E-state index contributed by atoms with van der Waals surface area (Å²) in [4.78, 5) is 23.5. The maximum absolute atomic E-state index is 15.1. The summed E-state index contributed by atoms with van der Waals surface area (Å²) in [6, 6.07) is 5.23. The minimum Gasteiger partial charge on any atom is -0.493 e. The number of pyridine rings is 2. The van der Waals surface area contributed by atoms with Crippen LogP contribution in [0.2, 0.25) is 0 Å². The van der Waals surface area contributed by atoms with E-state index in [0.29, 0.717) is 65.0 Å². The Bertz CT molecular complexity index is 1440. The summed E-state index contributed by atoms with van der Waals surface area (Å²) < 4.78 is 38.1. The molecule has 0 bridgehead atoms. The van der Waals surface area contributed by atoms with Crippen LogP contribution in [0.5, 0.6) is 23.0 Å². The highest BCUT2D eigenvalue weighted by molar-refractivity contribution is 5.88. The van der Waals surface area contributed by atoms with Gasteiger partial charge in [0.2, 0.25) is 5.91 Å². The van der Waals surface area contributed by atoms with E-state index in [1.807, 2.05) is 17.9 Å². The lowest BCUT2D eigenvalue weighted by Crippen LogP contribution is -2.52. The van der Waals surface area contributed by atoms with Gasteiger partial charge >= 0.3 is 0 Å². The molecule has 4 heterocycles. The molecule has 2 aliphatic heterocycles. The number of carbonyl (C=O) groups excluding carboxylic acids is 1. The van der Waals surface area contributed by atoms with Gasteiger partial charge in [-0.3, -0.25) is 14.8 Å². The lowest BCUT2D eigenvalue weighted by Gasteiger charge is -2.47. The van der Waals surface area contributed by atoms with Crippen molar-refractivity contribution in [2.45, 2.75) is 39.0 Å². The van der Waals surface area contributed by atoms with E-state index in [2.05, 4.69) is 9.97 Å². The van der Waals surface area contributed by atoms with Crippen molar-refractivity contribution in [1.29, 1.82) is 0 Å². The van der Waals surface area contributed by atoms with E-state index < -0.39 is 5.82 Å². The third kappa shape index (κ3) is 5.03. The Morgan fingerprint density at radius 3 is 2.69 bits per heavy atom. The second-order valence-electron chi connectivity index (χ2n) is 10.7. The molecule has 0 radical (unpaired) electrons. The molecule has 39 heavy (non-hydrogen) atoms. The third-order valence-corrected chi connectivity index (χ3v) is 7.93. The van der Waals surface area contributed by atoms with E-state index in [-0.39, 0.29) is 11.7 Å². The molecule has 2 aromatic heterocycles. The third-order valence-electron chi connectivity index (χ3n) is 7.93. The van der Waals surface area contributed by atoms with E-state index >= 15 is 4.39 Å². The highest BCUT2D eigenvalue weighted by atomic mass is 19.1. The van der Waals surface area contributed by atoms with Crippen LogP contribution in [0.25, 0.3) is 17.0 Å². The zero-order valence-corrected chi connectivity index (χ0v) is 22.3. The summed E-state index contributed by atoms with van der Waals surface area (Å²) >= 11 is 0. The van der Waals surface area contributed by atoms with Crippen LogP contribution in [0.3, 0.4) is 0 Å². The van der Waals surface area contributed by atoms with Crippen LogP contribution >= 0.6 is 0 Å². The molecule has 0 unspecified atom stereocenters. The summed E-state index contributed by atoms with van der Waals surface area (Å²) in [7, 11) is 1.56. The van der Waals surface area contributed by atoms with Crippen LogP contribution in [0.1, 0.15) is 43.9 Å². The zero-order chi connectivity index (χ0) is 27.0. The van der Waals surface area contributed by atoms with E-state index in [1.54, 1.807) is 31.5 Å². The number of allylic oxidation sites excluding steroid dienone is 1. The van der Waals surface area contributed by atoms with Gasteiger partial charge in [-0.15, -0.1) is 0 Å². The summed E-state index contributed by atoms with van der Waals surface area (Å²) in [6.07, 6.45) is 8.56. The number of amides is 1. The van der Waals surface area contributed by atoms with Crippen LogP contribution in [0.4, 0.5) is 4.39 Å². The van der Waals surface area contributed by atoms with Gasteiger partial charge in [-0.1, -0.05) is 11.6 Å². The topological polar surface area (TPSA) is 83.0 Å². The van der Waals surface area contributed by atoms with E-state index in [0.717, 1.165) is 50.4 Å². The SMILES string of the molecule is COc1cc2c(Oc3cnc4c(c3F)C=C(C)C4)ccnc2cc1OCCCC(=O)N1CCC2(CC1)COC2. The first-order valence-corrected chi connectivity index (χ1v) is 13.4. The van der Waals surface area contributed by atoms with Crippen molar-refractivity contribution >= 4 is 22.9 Å². The summed E-state index contributed by atoms with van der Waals surface area (Å²) in [5.74, 6) is 1.26. The first-order valence-electron chi connectivity index (χ1n) is 13.4. The zero-order valence-electron chi connectivity index (χ0n) is 22.3. The minimum absolute atomic E-state index is 0.0565. The number of halogens is 1. The Kier molecular flexibility index (Phi) is 6.85. The fourth-order valence-corrected chi connectivity index (χ4v) is 5.52. The molecular weight excluding hydrogens is 501 g/mol. The van der Waals surface area contributed by atoms with Crippen LogP contribution in [-0.4, -0.2) is 60.8 Å². The Labute approximate surface area is 226 Å². The molecule has 0 saturated carbocycles. The maximum Gasteiger partial charge on any atom is 0.222 e. The fraction of sp³-hybridized carbons (Fsp3) is 0.433. The van der Waals surface area contributed by atoms with Crippen LogP contribution in [-0.2, 0) is 16.0 Å². The lowest BCUT2D eigenvalue weighted by molar-refractivity contribution is -0.153. The summed E-state index contributed by atoms with van der Waals surface area (Å²) in [5, 5.41) is 0.656. The van der Waals surface area contributed by atoms with Crippen LogP contribution < -0.4 is 14.2 Å². The summed E-state index contributed by atoms with van der Waals surface area (Å²) in [5.41, 5.74) is 3.19. The first-order chi connectivity index (χ1) is 18.9. The van der Waals surface area contributed by atoms with Gasteiger partial charge in [0.15, 0.2) is 23.1 Å². The van der Waals surface area contributed by atoms with Gasteiger partial charge in [-0.2, -0.15) is 0 Å². The Morgan fingerprint density at radius 1 is 1.13 bits per heavy atom. The molecule has 1 amide bonds. The minimum atomic E-state index is -0.426. The number of benzene rings is 1. The number of hydrogen-bond donors (Lipinski definition) is 0. The molecule has 6 rings (SSSR count). The van der Waals surface area contributed by atoms with Crippen LogP contribution in [0, 0.1) is 11.2 Å².